The molecule has 0 radical (unpaired) electrons. The number of carbonyl (C=O) groups is 2. The number of aldehydes is 1. The minimum Gasteiger partial charge on any atom is -0.373 e. The van der Waals surface area contributed by atoms with Gasteiger partial charge in [0.25, 0.3) is 0 Å². The van der Waals surface area contributed by atoms with Gasteiger partial charge in [0.1, 0.15) is 6.29 Å². The van der Waals surface area contributed by atoms with Crippen LogP contribution < -0.4 is 0 Å². The molecule has 0 bridgehead atoms. The third-order valence-corrected chi connectivity index (χ3v) is 8.15. The fourth-order valence-corrected chi connectivity index (χ4v) is 5.63. The topological polar surface area (TPSA) is 66.4 Å². The summed E-state index contributed by atoms with van der Waals surface area (Å²) in [6.07, 6.45) is 15.6. The SMILES string of the molecule is Cc1ncc(/C=C/N2CC=C(Cc3nccs3)CC2)cc1CC1(C=O)CCN(C(=O)C(C)(C)C)CC1. The van der Waals surface area contributed by atoms with Crippen molar-refractivity contribution in [3.63, 3.8) is 0 Å². The first-order valence-corrected chi connectivity index (χ1v) is 13.8. The lowest BCUT2D eigenvalue weighted by Gasteiger charge is -2.40. The maximum atomic E-state index is 12.7. The molecule has 0 aromatic carbocycles. The van der Waals surface area contributed by atoms with Crippen molar-refractivity contribution in [2.75, 3.05) is 26.2 Å². The van der Waals surface area contributed by atoms with E-state index in [1.165, 1.54) is 10.6 Å². The van der Waals surface area contributed by atoms with E-state index in [-0.39, 0.29) is 5.91 Å². The molecule has 2 aromatic rings. The Balaban J connectivity index is 1.37. The lowest BCUT2D eigenvalue weighted by Crippen LogP contribution is -2.48. The van der Waals surface area contributed by atoms with Gasteiger partial charge >= 0.3 is 0 Å². The normalized spacial score (nSPS) is 18.4. The minimum absolute atomic E-state index is 0.162. The fourth-order valence-electron chi connectivity index (χ4n) is 4.96. The quantitative estimate of drug-likeness (QED) is 0.387. The van der Waals surface area contributed by atoms with E-state index in [0.29, 0.717) is 32.4 Å². The molecule has 1 fully saturated rings. The maximum Gasteiger partial charge on any atom is 0.227 e. The monoisotopic (exact) mass is 506 g/mol. The molecule has 0 N–H and O–H groups in total. The standard InChI is InChI=1S/C29H38N4O2S/c1-22-25(19-29(21-34)8-14-33(15-9-29)27(35)28(2,3)4)17-24(20-31-22)7-13-32-11-5-23(6-12-32)18-26-30-10-16-36-26/h5,7,10,13,16-17,20-21H,6,8-9,11-12,14-15,18-19H2,1-4H3/b13-7+. The summed E-state index contributed by atoms with van der Waals surface area (Å²) in [6, 6.07) is 2.17. The van der Waals surface area contributed by atoms with Crippen molar-refractivity contribution in [1.29, 1.82) is 0 Å². The largest absolute Gasteiger partial charge is 0.373 e. The van der Waals surface area contributed by atoms with Crippen molar-refractivity contribution in [2.24, 2.45) is 10.8 Å². The molecular weight excluding hydrogens is 468 g/mol. The van der Waals surface area contributed by atoms with Gasteiger partial charge < -0.3 is 14.6 Å². The summed E-state index contributed by atoms with van der Waals surface area (Å²) in [6.45, 7) is 11.0. The van der Waals surface area contributed by atoms with E-state index in [0.717, 1.165) is 49.0 Å². The van der Waals surface area contributed by atoms with E-state index in [9.17, 15) is 9.59 Å². The molecule has 0 aliphatic carbocycles. The van der Waals surface area contributed by atoms with Crippen LogP contribution in [0, 0.1) is 17.8 Å². The number of carbonyl (C=O) groups excluding carboxylic acids is 2. The van der Waals surface area contributed by atoms with Crippen LogP contribution in [-0.2, 0) is 22.4 Å². The van der Waals surface area contributed by atoms with Crippen LogP contribution in [0.1, 0.15) is 61.9 Å². The molecule has 2 aliphatic heterocycles. The number of aromatic nitrogens is 2. The summed E-state index contributed by atoms with van der Waals surface area (Å²) in [5.41, 5.74) is 3.76. The number of aryl methyl sites for hydroxylation is 1. The average molecular weight is 507 g/mol. The average Bonchev–Trinajstić information content (AvgIpc) is 3.38. The van der Waals surface area contributed by atoms with Gasteiger partial charge in [0, 0.05) is 66.9 Å². The number of hydrogen-bond acceptors (Lipinski definition) is 6. The van der Waals surface area contributed by atoms with E-state index in [4.69, 9.17) is 0 Å². The summed E-state index contributed by atoms with van der Waals surface area (Å²) >= 11 is 1.72. The highest BCUT2D eigenvalue weighted by Crippen LogP contribution is 2.35. The molecule has 192 valence electrons. The lowest BCUT2D eigenvalue weighted by atomic mass is 9.74. The first-order valence-electron chi connectivity index (χ1n) is 12.9. The molecule has 0 saturated carbocycles. The van der Waals surface area contributed by atoms with Crippen LogP contribution in [0.2, 0.25) is 0 Å². The minimum atomic E-state index is -0.436. The van der Waals surface area contributed by atoms with Crippen LogP contribution in [0.15, 0.2) is 41.7 Å². The van der Waals surface area contributed by atoms with Gasteiger partial charge in [-0.15, -0.1) is 11.3 Å². The molecule has 0 spiro atoms. The van der Waals surface area contributed by atoms with Gasteiger partial charge in [-0.1, -0.05) is 32.4 Å². The summed E-state index contributed by atoms with van der Waals surface area (Å²) in [5, 5.41) is 3.22. The van der Waals surface area contributed by atoms with Crippen molar-refractivity contribution >= 4 is 29.6 Å². The van der Waals surface area contributed by atoms with Crippen LogP contribution in [0.3, 0.4) is 0 Å². The second-order valence-electron chi connectivity index (χ2n) is 11.2. The third-order valence-electron chi connectivity index (χ3n) is 7.37. The van der Waals surface area contributed by atoms with E-state index in [2.05, 4.69) is 39.3 Å². The van der Waals surface area contributed by atoms with E-state index in [1.807, 2.05) is 50.4 Å². The van der Waals surface area contributed by atoms with E-state index in [1.54, 1.807) is 11.3 Å². The van der Waals surface area contributed by atoms with Gasteiger partial charge in [-0.3, -0.25) is 9.78 Å². The highest BCUT2D eigenvalue weighted by atomic mass is 32.1. The Kier molecular flexibility index (Phi) is 8.08. The first kappa shape index (κ1) is 26.3. The summed E-state index contributed by atoms with van der Waals surface area (Å²) in [7, 11) is 0. The molecule has 2 aromatic heterocycles. The van der Waals surface area contributed by atoms with Gasteiger partial charge in [-0.2, -0.15) is 0 Å². The van der Waals surface area contributed by atoms with Crippen molar-refractivity contribution in [1.82, 2.24) is 19.8 Å². The molecule has 6 nitrogen and oxygen atoms in total. The van der Waals surface area contributed by atoms with Crippen molar-refractivity contribution < 1.29 is 9.59 Å². The molecule has 0 unspecified atom stereocenters. The predicted octanol–water partition coefficient (Wildman–Crippen LogP) is 5.09. The zero-order valence-corrected chi connectivity index (χ0v) is 22.8. The number of likely N-dealkylation sites (tertiary alicyclic amines) is 1. The number of nitrogens with zero attached hydrogens (tertiary/aromatic N) is 4. The Hall–Kier alpha value is -2.80. The molecule has 1 saturated heterocycles. The Morgan fingerprint density at radius 1 is 1.19 bits per heavy atom. The number of amides is 1. The summed E-state index contributed by atoms with van der Waals surface area (Å²) < 4.78 is 0. The molecule has 4 rings (SSSR count). The van der Waals surface area contributed by atoms with Gasteiger partial charge in [-0.05, 0) is 62.1 Å². The molecule has 0 atom stereocenters. The second kappa shape index (κ2) is 11.1. The number of thiazole rings is 1. The van der Waals surface area contributed by atoms with Crippen LogP contribution in [0.4, 0.5) is 0 Å². The lowest BCUT2D eigenvalue weighted by molar-refractivity contribution is -0.143. The zero-order valence-electron chi connectivity index (χ0n) is 22.0. The Morgan fingerprint density at radius 3 is 2.58 bits per heavy atom. The fraction of sp³-hybridized carbons (Fsp3) is 0.517. The first-order chi connectivity index (χ1) is 17.2. The number of pyridine rings is 1. The van der Waals surface area contributed by atoms with Crippen LogP contribution in [-0.4, -0.2) is 58.1 Å². The highest BCUT2D eigenvalue weighted by Gasteiger charge is 2.38. The Morgan fingerprint density at radius 2 is 1.97 bits per heavy atom. The molecule has 1 amide bonds. The molecule has 2 aliphatic rings. The van der Waals surface area contributed by atoms with Gasteiger partial charge in [-0.25, -0.2) is 4.98 Å². The van der Waals surface area contributed by atoms with Crippen molar-refractivity contribution in [2.45, 2.75) is 59.8 Å². The highest BCUT2D eigenvalue weighted by molar-refractivity contribution is 7.09. The number of piperidine rings is 1. The van der Waals surface area contributed by atoms with E-state index >= 15 is 0 Å². The number of rotatable bonds is 7. The summed E-state index contributed by atoms with van der Waals surface area (Å²) in [4.78, 5) is 38.2. The molecule has 4 heterocycles. The van der Waals surface area contributed by atoms with Crippen molar-refractivity contribution in [3.05, 3.63) is 63.5 Å². The molecule has 7 heteroatoms. The molecule has 36 heavy (non-hydrogen) atoms. The number of hydrogen-bond donors (Lipinski definition) is 0. The van der Waals surface area contributed by atoms with Crippen LogP contribution in [0.25, 0.3) is 6.08 Å². The van der Waals surface area contributed by atoms with Gasteiger partial charge in [0.05, 0.1) is 5.01 Å². The van der Waals surface area contributed by atoms with E-state index < -0.39 is 10.8 Å². The molecular formula is C29H38N4O2S. The second-order valence-corrected chi connectivity index (χ2v) is 12.2. The third kappa shape index (κ3) is 6.49. The van der Waals surface area contributed by atoms with Gasteiger partial charge in [0.15, 0.2) is 0 Å². The predicted molar refractivity (Wildman–Crippen MR) is 146 cm³/mol. The van der Waals surface area contributed by atoms with Crippen LogP contribution in [0.5, 0.6) is 0 Å². The Labute approximate surface area is 219 Å². The van der Waals surface area contributed by atoms with Crippen molar-refractivity contribution in [3.8, 4) is 0 Å². The smallest absolute Gasteiger partial charge is 0.227 e. The van der Waals surface area contributed by atoms with Gasteiger partial charge in [0.2, 0.25) is 5.91 Å². The van der Waals surface area contributed by atoms with Crippen LogP contribution >= 0.6 is 11.3 Å². The maximum absolute atomic E-state index is 12.7. The summed E-state index contributed by atoms with van der Waals surface area (Å²) in [5.74, 6) is 0.162. The Bertz CT molecular complexity index is 1120. The zero-order chi connectivity index (χ0) is 25.8.